The molecule has 0 amide bonds. The summed E-state index contributed by atoms with van der Waals surface area (Å²) in [5, 5.41) is 0. The molecule has 4 aromatic heterocycles. The molecular formula is C20H14N4. The van der Waals surface area contributed by atoms with Gasteiger partial charge in [0.2, 0.25) is 0 Å². The molecule has 0 saturated carbocycles. The predicted molar refractivity (Wildman–Crippen MR) is 93.9 cm³/mol. The van der Waals surface area contributed by atoms with Crippen molar-refractivity contribution in [3.63, 3.8) is 0 Å². The molecule has 0 fully saturated rings. The molecule has 0 saturated heterocycles. The summed E-state index contributed by atoms with van der Waals surface area (Å²) in [5.74, 6) is 0. The van der Waals surface area contributed by atoms with Crippen LogP contribution < -0.4 is 0 Å². The van der Waals surface area contributed by atoms with Crippen LogP contribution in [0.5, 0.6) is 0 Å². The minimum absolute atomic E-state index is 0.915. The van der Waals surface area contributed by atoms with Crippen LogP contribution in [0.1, 0.15) is 0 Å². The van der Waals surface area contributed by atoms with Crippen LogP contribution in [0.4, 0.5) is 0 Å². The Morgan fingerprint density at radius 2 is 0.792 bits per heavy atom. The summed E-state index contributed by atoms with van der Waals surface area (Å²) in [7, 11) is 0. The zero-order valence-corrected chi connectivity index (χ0v) is 12.9. The third kappa shape index (κ3) is 2.90. The van der Waals surface area contributed by atoms with Crippen molar-refractivity contribution in [1.82, 2.24) is 19.9 Å². The molecule has 0 unspecified atom stereocenters. The van der Waals surface area contributed by atoms with E-state index >= 15 is 0 Å². The molecule has 0 atom stereocenters. The van der Waals surface area contributed by atoms with Gasteiger partial charge in [-0.1, -0.05) is 0 Å². The second-order valence-corrected chi connectivity index (χ2v) is 5.33. The van der Waals surface area contributed by atoms with E-state index in [1.165, 1.54) is 0 Å². The number of hydrogen-bond donors (Lipinski definition) is 0. The molecule has 0 radical (unpaired) electrons. The van der Waals surface area contributed by atoms with Gasteiger partial charge in [-0.3, -0.25) is 15.0 Å². The topological polar surface area (TPSA) is 51.6 Å². The highest BCUT2D eigenvalue weighted by Crippen LogP contribution is 2.29. The van der Waals surface area contributed by atoms with E-state index in [9.17, 15) is 0 Å². The molecule has 0 N–H and O–H groups in total. The van der Waals surface area contributed by atoms with Crippen LogP contribution in [0, 0.1) is 0 Å². The largest absolute Gasteiger partial charge is 0.265 e. The molecule has 4 heterocycles. The highest BCUT2D eigenvalue weighted by molar-refractivity contribution is 5.76. The maximum absolute atomic E-state index is 4.83. The zero-order chi connectivity index (χ0) is 16.2. The number of nitrogens with zero attached hydrogens (tertiary/aromatic N) is 4. The van der Waals surface area contributed by atoms with Crippen molar-refractivity contribution >= 4 is 0 Å². The molecule has 4 aromatic rings. The first kappa shape index (κ1) is 14.2. The molecule has 4 nitrogen and oxygen atoms in total. The highest BCUT2D eigenvalue weighted by atomic mass is 14.7. The first-order chi connectivity index (χ1) is 11.9. The first-order valence-corrected chi connectivity index (χ1v) is 7.63. The van der Waals surface area contributed by atoms with Gasteiger partial charge in [0.1, 0.15) is 0 Å². The minimum atomic E-state index is 0.915. The predicted octanol–water partition coefficient (Wildman–Crippen LogP) is 4.27. The van der Waals surface area contributed by atoms with Crippen LogP contribution >= 0.6 is 0 Å². The van der Waals surface area contributed by atoms with Crippen LogP contribution in [0.2, 0.25) is 0 Å². The average molecular weight is 310 g/mol. The van der Waals surface area contributed by atoms with Gasteiger partial charge in [-0.25, -0.2) is 4.98 Å². The Bertz CT molecular complexity index is 799. The van der Waals surface area contributed by atoms with Gasteiger partial charge in [0, 0.05) is 48.3 Å². The lowest BCUT2D eigenvalue weighted by atomic mass is 10.0. The van der Waals surface area contributed by atoms with E-state index in [1.54, 1.807) is 37.2 Å². The standard InChI is InChI=1S/C20H14N4/c1-7-21-8-2-15(1)18-13-19(16-3-9-22-10-4-16)24-20(14-18)17-5-11-23-12-6-17/h1-14H. The van der Waals surface area contributed by atoms with E-state index in [-0.39, 0.29) is 0 Å². The fourth-order valence-electron chi connectivity index (χ4n) is 2.58. The number of rotatable bonds is 3. The van der Waals surface area contributed by atoms with E-state index in [2.05, 4.69) is 27.1 Å². The van der Waals surface area contributed by atoms with Crippen molar-refractivity contribution in [2.45, 2.75) is 0 Å². The van der Waals surface area contributed by atoms with Crippen LogP contribution in [0.15, 0.2) is 85.7 Å². The van der Waals surface area contributed by atoms with Crippen molar-refractivity contribution in [3.05, 3.63) is 85.7 Å². The van der Waals surface area contributed by atoms with Crippen molar-refractivity contribution < 1.29 is 0 Å². The second kappa shape index (κ2) is 6.38. The first-order valence-electron chi connectivity index (χ1n) is 7.63. The Balaban J connectivity index is 1.92. The van der Waals surface area contributed by atoms with Crippen molar-refractivity contribution in [2.75, 3.05) is 0 Å². The third-order valence-electron chi connectivity index (χ3n) is 3.79. The van der Waals surface area contributed by atoms with Crippen molar-refractivity contribution in [1.29, 1.82) is 0 Å². The van der Waals surface area contributed by atoms with E-state index in [0.29, 0.717) is 0 Å². The lowest BCUT2D eigenvalue weighted by Gasteiger charge is -2.09. The normalized spacial score (nSPS) is 10.5. The van der Waals surface area contributed by atoms with Crippen molar-refractivity contribution in [3.8, 4) is 33.6 Å². The Labute approximate surface area is 139 Å². The van der Waals surface area contributed by atoms with Crippen LogP contribution in [-0.2, 0) is 0 Å². The molecular weight excluding hydrogens is 296 g/mol. The summed E-state index contributed by atoms with van der Waals surface area (Å²) in [6.45, 7) is 0. The summed E-state index contributed by atoms with van der Waals surface area (Å²) >= 11 is 0. The average Bonchev–Trinajstić information content (AvgIpc) is 2.70. The Hall–Kier alpha value is -3.40. The molecule has 4 rings (SSSR count). The van der Waals surface area contributed by atoms with Gasteiger partial charge in [0.15, 0.2) is 0 Å². The summed E-state index contributed by atoms with van der Waals surface area (Å²) in [5.41, 5.74) is 6.12. The lowest BCUT2D eigenvalue weighted by Crippen LogP contribution is -1.91. The molecule has 0 aromatic carbocycles. The minimum Gasteiger partial charge on any atom is -0.265 e. The Morgan fingerprint density at radius 1 is 0.417 bits per heavy atom. The van der Waals surface area contributed by atoms with E-state index < -0.39 is 0 Å². The molecule has 0 aliphatic heterocycles. The lowest BCUT2D eigenvalue weighted by molar-refractivity contribution is 1.27. The van der Waals surface area contributed by atoms with Gasteiger partial charge >= 0.3 is 0 Å². The fourth-order valence-corrected chi connectivity index (χ4v) is 2.58. The monoisotopic (exact) mass is 310 g/mol. The molecule has 0 aliphatic carbocycles. The summed E-state index contributed by atoms with van der Waals surface area (Å²) in [6, 6.07) is 16.1. The van der Waals surface area contributed by atoms with E-state index in [4.69, 9.17) is 4.98 Å². The number of aromatic nitrogens is 4. The zero-order valence-electron chi connectivity index (χ0n) is 12.9. The number of hydrogen-bond acceptors (Lipinski definition) is 4. The van der Waals surface area contributed by atoms with Crippen molar-refractivity contribution in [2.24, 2.45) is 0 Å². The SMILES string of the molecule is c1cc(-c2cc(-c3ccncc3)nc(-c3ccncc3)c2)ccn1. The Morgan fingerprint density at radius 3 is 1.21 bits per heavy atom. The second-order valence-electron chi connectivity index (χ2n) is 5.33. The van der Waals surface area contributed by atoms with Gasteiger partial charge in [-0.05, 0) is 59.7 Å². The molecule has 0 bridgehead atoms. The van der Waals surface area contributed by atoms with Gasteiger partial charge in [0.25, 0.3) is 0 Å². The van der Waals surface area contributed by atoms with E-state index in [1.807, 2.05) is 36.4 Å². The van der Waals surface area contributed by atoms with Gasteiger partial charge in [-0.2, -0.15) is 0 Å². The van der Waals surface area contributed by atoms with Gasteiger partial charge in [0.05, 0.1) is 11.4 Å². The number of pyridine rings is 4. The Kier molecular flexibility index (Phi) is 3.78. The molecule has 0 spiro atoms. The summed E-state index contributed by atoms with van der Waals surface area (Å²) < 4.78 is 0. The smallest absolute Gasteiger partial charge is 0.0716 e. The quantitative estimate of drug-likeness (QED) is 0.567. The summed E-state index contributed by atoms with van der Waals surface area (Å²) in [4.78, 5) is 17.1. The van der Waals surface area contributed by atoms with Gasteiger partial charge < -0.3 is 0 Å². The van der Waals surface area contributed by atoms with Crippen LogP contribution in [-0.4, -0.2) is 19.9 Å². The van der Waals surface area contributed by atoms with Gasteiger partial charge in [-0.15, -0.1) is 0 Å². The molecule has 24 heavy (non-hydrogen) atoms. The van der Waals surface area contributed by atoms with Crippen LogP contribution in [0.3, 0.4) is 0 Å². The molecule has 0 aliphatic rings. The third-order valence-corrected chi connectivity index (χ3v) is 3.79. The van der Waals surface area contributed by atoms with E-state index in [0.717, 1.165) is 33.6 Å². The maximum Gasteiger partial charge on any atom is 0.0716 e. The van der Waals surface area contributed by atoms with Crippen LogP contribution in [0.25, 0.3) is 33.6 Å². The maximum atomic E-state index is 4.83. The molecule has 4 heteroatoms. The highest BCUT2D eigenvalue weighted by Gasteiger charge is 2.08. The summed E-state index contributed by atoms with van der Waals surface area (Å²) in [6.07, 6.45) is 10.7. The molecule has 114 valence electrons. The fraction of sp³-hybridized carbons (Fsp3) is 0.